The van der Waals surface area contributed by atoms with E-state index < -0.39 is 0 Å². The van der Waals surface area contributed by atoms with E-state index in [1.807, 2.05) is 19.9 Å². The van der Waals surface area contributed by atoms with E-state index in [2.05, 4.69) is 32.7 Å². The maximum Gasteiger partial charge on any atom is 0.221 e. The number of nitrogen functional groups attached to an aromatic ring is 1. The molecule has 0 fully saturated rings. The fourth-order valence-electron chi connectivity index (χ4n) is 1.51. The van der Waals surface area contributed by atoms with Crippen molar-refractivity contribution in [1.29, 1.82) is 0 Å². The highest BCUT2D eigenvalue weighted by Gasteiger charge is 2.04. The second kappa shape index (κ2) is 4.97. The fourth-order valence-corrected chi connectivity index (χ4v) is 2.00. The number of aromatic nitrogens is 2. The summed E-state index contributed by atoms with van der Waals surface area (Å²) in [5, 5.41) is 14.0. The van der Waals surface area contributed by atoms with E-state index in [0.29, 0.717) is 11.5 Å². The highest BCUT2D eigenvalue weighted by Crippen LogP contribution is 2.22. The second-order valence-electron chi connectivity index (χ2n) is 3.99. The quantitative estimate of drug-likeness (QED) is 0.640. The molecule has 0 unspecified atom stereocenters. The summed E-state index contributed by atoms with van der Waals surface area (Å²) in [6.45, 7) is 3.79. The highest BCUT2D eigenvalue weighted by atomic mass is 127. The smallest absolute Gasteiger partial charge is 0.221 e. The van der Waals surface area contributed by atoms with Crippen LogP contribution < -0.4 is 5.73 Å². The van der Waals surface area contributed by atoms with Crippen LogP contribution in [0.5, 0.6) is 5.75 Å². The lowest BCUT2D eigenvalue weighted by atomic mass is 10.1. The monoisotopic (exact) mass is 356 g/mol. The van der Waals surface area contributed by atoms with Crippen molar-refractivity contribution in [2.24, 2.45) is 5.10 Å². The Labute approximate surface area is 118 Å². The predicted molar refractivity (Wildman–Crippen MR) is 79.9 cm³/mol. The summed E-state index contributed by atoms with van der Waals surface area (Å²) < 4.78 is 2.54. The molecule has 3 N–H and O–H groups in total. The van der Waals surface area contributed by atoms with Gasteiger partial charge in [0.15, 0.2) is 0 Å². The molecule has 0 spiro atoms. The van der Waals surface area contributed by atoms with Crippen molar-refractivity contribution < 1.29 is 5.11 Å². The molecule has 0 saturated carbocycles. The van der Waals surface area contributed by atoms with Crippen molar-refractivity contribution in [2.75, 3.05) is 5.73 Å². The molecule has 1 aromatic carbocycles. The number of hydrogen-bond acceptors (Lipinski definition) is 4. The largest absolute Gasteiger partial charge is 0.507 e. The minimum Gasteiger partial charge on any atom is -0.507 e. The first-order chi connectivity index (χ1) is 8.47. The fraction of sp³-hybridized carbons (Fsp3) is 0.167. The van der Waals surface area contributed by atoms with Crippen LogP contribution in [0.15, 0.2) is 23.4 Å². The molecule has 0 aliphatic heterocycles. The summed E-state index contributed by atoms with van der Waals surface area (Å²) in [7, 11) is 0. The number of nitrogens with two attached hydrogens (primary N) is 1. The van der Waals surface area contributed by atoms with E-state index >= 15 is 0 Å². The normalized spacial score (nSPS) is 11.3. The van der Waals surface area contributed by atoms with Crippen molar-refractivity contribution >= 4 is 34.8 Å². The molecular formula is C12H13IN4O. The number of aromatic hydroxyl groups is 1. The number of benzene rings is 1. The van der Waals surface area contributed by atoms with Gasteiger partial charge in [0, 0.05) is 9.13 Å². The first-order valence-electron chi connectivity index (χ1n) is 5.32. The summed E-state index contributed by atoms with van der Waals surface area (Å²) in [4.78, 5) is 4.04. The van der Waals surface area contributed by atoms with Crippen LogP contribution in [0.4, 0.5) is 5.95 Å². The Morgan fingerprint density at radius 3 is 2.78 bits per heavy atom. The van der Waals surface area contributed by atoms with Crippen LogP contribution in [0, 0.1) is 17.4 Å². The van der Waals surface area contributed by atoms with Crippen LogP contribution in [0.3, 0.4) is 0 Å². The number of halogens is 1. The van der Waals surface area contributed by atoms with E-state index in [0.717, 1.165) is 14.8 Å². The van der Waals surface area contributed by atoms with Crippen molar-refractivity contribution in [2.45, 2.75) is 13.8 Å². The van der Waals surface area contributed by atoms with Crippen LogP contribution in [-0.4, -0.2) is 21.0 Å². The van der Waals surface area contributed by atoms with Crippen LogP contribution in [0.2, 0.25) is 0 Å². The van der Waals surface area contributed by atoms with Gasteiger partial charge in [0.1, 0.15) is 5.75 Å². The lowest BCUT2D eigenvalue weighted by Crippen LogP contribution is -1.97. The zero-order chi connectivity index (χ0) is 13.3. The number of rotatable bonds is 2. The van der Waals surface area contributed by atoms with Gasteiger partial charge in [0.05, 0.1) is 18.1 Å². The molecule has 0 atom stereocenters. The Hall–Kier alpha value is -1.57. The molecule has 2 rings (SSSR count). The minimum absolute atomic E-state index is 0.201. The molecule has 0 saturated heterocycles. The Morgan fingerprint density at radius 1 is 1.44 bits per heavy atom. The average molecular weight is 356 g/mol. The standard InChI is InChI=1S/C12H13IN4O/c1-7-3-11(18)9(4-10(7)13)5-15-17-6-8(2)16-12(17)14/h3-6,18H,1-2H3,(H2,14,16). The van der Waals surface area contributed by atoms with Gasteiger partial charge in [0.2, 0.25) is 5.95 Å². The Morgan fingerprint density at radius 2 is 2.17 bits per heavy atom. The first-order valence-corrected chi connectivity index (χ1v) is 6.40. The van der Waals surface area contributed by atoms with Gasteiger partial charge in [-0.1, -0.05) is 0 Å². The average Bonchev–Trinajstić information content (AvgIpc) is 2.61. The summed E-state index contributed by atoms with van der Waals surface area (Å²) in [5.41, 5.74) is 8.15. The number of imidazole rings is 1. The zero-order valence-electron chi connectivity index (χ0n) is 10.1. The minimum atomic E-state index is 0.201. The molecule has 0 amide bonds. The summed E-state index contributed by atoms with van der Waals surface area (Å²) >= 11 is 2.22. The maximum absolute atomic E-state index is 9.82. The molecule has 94 valence electrons. The summed E-state index contributed by atoms with van der Waals surface area (Å²) in [5.74, 6) is 0.525. The van der Waals surface area contributed by atoms with Crippen LogP contribution >= 0.6 is 22.6 Å². The Balaban J connectivity index is 2.34. The third-order valence-electron chi connectivity index (χ3n) is 2.46. The molecule has 6 heteroatoms. The van der Waals surface area contributed by atoms with Crippen molar-refractivity contribution in [3.05, 3.63) is 38.7 Å². The van der Waals surface area contributed by atoms with Crippen molar-refractivity contribution in [3.63, 3.8) is 0 Å². The van der Waals surface area contributed by atoms with Crippen LogP contribution in [0.1, 0.15) is 16.8 Å². The van der Waals surface area contributed by atoms with E-state index in [4.69, 9.17) is 5.73 Å². The molecular weight excluding hydrogens is 343 g/mol. The van der Waals surface area contributed by atoms with Gasteiger partial charge in [-0.25, -0.2) is 9.66 Å². The third kappa shape index (κ3) is 2.63. The van der Waals surface area contributed by atoms with E-state index in [9.17, 15) is 5.11 Å². The number of hydrogen-bond donors (Lipinski definition) is 2. The molecule has 0 aliphatic rings. The second-order valence-corrected chi connectivity index (χ2v) is 5.15. The van der Waals surface area contributed by atoms with Crippen molar-refractivity contribution in [3.8, 4) is 5.75 Å². The molecule has 0 aliphatic carbocycles. The van der Waals surface area contributed by atoms with E-state index in [-0.39, 0.29) is 5.75 Å². The van der Waals surface area contributed by atoms with E-state index in [1.54, 1.807) is 18.5 Å². The maximum atomic E-state index is 9.82. The molecule has 2 aromatic rings. The van der Waals surface area contributed by atoms with Gasteiger partial charge in [-0.2, -0.15) is 5.10 Å². The molecule has 5 nitrogen and oxygen atoms in total. The summed E-state index contributed by atoms with van der Waals surface area (Å²) in [6.07, 6.45) is 3.29. The van der Waals surface area contributed by atoms with Crippen LogP contribution in [-0.2, 0) is 0 Å². The predicted octanol–water partition coefficient (Wildman–Crippen LogP) is 2.27. The SMILES string of the molecule is Cc1cn(N=Cc2cc(I)c(C)cc2O)c(N)n1. The van der Waals surface area contributed by atoms with Crippen molar-refractivity contribution in [1.82, 2.24) is 9.66 Å². The summed E-state index contributed by atoms with van der Waals surface area (Å²) in [6, 6.07) is 3.58. The third-order valence-corrected chi connectivity index (χ3v) is 3.63. The van der Waals surface area contributed by atoms with Gasteiger partial charge in [-0.15, -0.1) is 0 Å². The highest BCUT2D eigenvalue weighted by molar-refractivity contribution is 14.1. The topological polar surface area (TPSA) is 76.4 Å². The van der Waals surface area contributed by atoms with Gasteiger partial charge in [-0.3, -0.25) is 0 Å². The Kier molecular flexibility index (Phi) is 3.55. The molecule has 1 heterocycles. The first kappa shape index (κ1) is 12.9. The lowest BCUT2D eigenvalue weighted by molar-refractivity contribution is 0.474. The van der Waals surface area contributed by atoms with Gasteiger partial charge in [0.25, 0.3) is 0 Å². The molecule has 0 radical (unpaired) electrons. The number of phenolic OH excluding ortho intramolecular Hbond substituents is 1. The zero-order valence-corrected chi connectivity index (χ0v) is 12.2. The van der Waals surface area contributed by atoms with Gasteiger partial charge >= 0.3 is 0 Å². The van der Waals surface area contributed by atoms with Gasteiger partial charge in [-0.05, 0) is 54.1 Å². The molecule has 18 heavy (non-hydrogen) atoms. The lowest BCUT2D eigenvalue weighted by Gasteiger charge is -2.03. The molecule has 0 bridgehead atoms. The number of aryl methyl sites for hydroxylation is 2. The van der Waals surface area contributed by atoms with Gasteiger partial charge < -0.3 is 10.8 Å². The number of anilines is 1. The van der Waals surface area contributed by atoms with E-state index in [1.165, 1.54) is 4.68 Å². The molecule has 1 aromatic heterocycles. The Bertz CT molecular complexity index is 619. The number of nitrogens with zero attached hydrogens (tertiary/aromatic N) is 3. The van der Waals surface area contributed by atoms with Crippen LogP contribution in [0.25, 0.3) is 0 Å². The number of phenols is 1.